The maximum atomic E-state index is 12.8. The minimum atomic E-state index is -0.362. The lowest BCUT2D eigenvalue weighted by atomic mass is 9.87. The number of thioether (sulfide) groups is 1. The summed E-state index contributed by atoms with van der Waals surface area (Å²) >= 11 is 2.00. The van der Waals surface area contributed by atoms with Crippen LogP contribution in [0.4, 0.5) is 5.82 Å². The van der Waals surface area contributed by atoms with Crippen molar-refractivity contribution in [2.45, 2.75) is 31.4 Å². The van der Waals surface area contributed by atoms with Crippen molar-refractivity contribution in [3.8, 4) is 5.75 Å². The highest BCUT2D eigenvalue weighted by atomic mass is 32.2. The number of aromatic nitrogens is 1. The van der Waals surface area contributed by atoms with Crippen molar-refractivity contribution in [1.29, 1.82) is 0 Å². The molecule has 2 aliphatic heterocycles. The lowest BCUT2D eigenvalue weighted by Crippen LogP contribution is -2.36. The third-order valence-corrected chi connectivity index (χ3v) is 8.73. The van der Waals surface area contributed by atoms with Gasteiger partial charge in [0.2, 0.25) is 0 Å². The summed E-state index contributed by atoms with van der Waals surface area (Å²) in [6, 6.07) is 20.4. The quantitative estimate of drug-likeness (QED) is 0.268. The standard InChI is InChI=1S/C31H34N2O3S/c1-22-18-27(31(34)36-28-12-13-30(32-20-28)33-14-16-35-17-15-33)11-9-24(22)8-10-26-19-29(37-21-23(26)2)25-6-4-3-5-7-25/h3-7,9,11-13,18,20,26,29H,2,8,10,14-17,19,21H2,1H3. The van der Waals surface area contributed by atoms with Crippen molar-refractivity contribution in [1.82, 2.24) is 4.98 Å². The first kappa shape index (κ1) is 25.6. The molecule has 5 rings (SSSR count). The second kappa shape index (κ2) is 12.0. The van der Waals surface area contributed by atoms with Gasteiger partial charge >= 0.3 is 5.97 Å². The van der Waals surface area contributed by atoms with E-state index in [0.29, 0.717) is 35.7 Å². The number of aryl methyl sites for hydroxylation is 2. The van der Waals surface area contributed by atoms with Gasteiger partial charge in [-0.25, -0.2) is 9.78 Å². The molecule has 192 valence electrons. The van der Waals surface area contributed by atoms with Crippen molar-refractivity contribution in [2.24, 2.45) is 5.92 Å². The number of carbonyl (C=O) groups excluding carboxylic acids is 1. The van der Waals surface area contributed by atoms with Gasteiger partial charge in [-0.1, -0.05) is 48.6 Å². The largest absolute Gasteiger partial charge is 0.421 e. The Balaban J connectivity index is 1.17. The lowest BCUT2D eigenvalue weighted by Gasteiger charge is -2.31. The number of carbonyl (C=O) groups is 1. The normalized spacial score (nSPS) is 20.0. The van der Waals surface area contributed by atoms with E-state index >= 15 is 0 Å². The molecule has 2 fully saturated rings. The van der Waals surface area contributed by atoms with E-state index in [0.717, 1.165) is 49.5 Å². The van der Waals surface area contributed by atoms with Crippen LogP contribution in [0.5, 0.6) is 5.75 Å². The molecule has 0 bridgehead atoms. The molecule has 37 heavy (non-hydrogen) atoms. The van der Waals surface area contributed by atoms with Crippen LogP contribution in [0, 0.1) is 12.8 Å². The molecule has 0 radical (unpaired) electrons. The van der Waals surface area contributed by atoms with Gasteiger partial charge in [-0.3, -0.25) is 0 Å². The van der Waals surface area contributed by atoms with Gasteiger partial charge < -0.3 is 14.4 Å². The Kier molecular flexibility index (Phi) is 8.27. The fraction of sp³-hybridized carbons (Fsp3) is 0.355. The summed E-state index contributed by atoms with van der Waals surface area (Å²) in [6.45, 7) is 9.49. The molecule has 0 amide bonds. The molecule has 3 aromatic rings. The van der Waals surface area contributed by atoms with Gasteiger partial charge in [-0.15, -0.1) is 11.8 Å². The molecule has 2 unspecified atom stereocenters. The molecule has 0 spiro atoms. The second-order valence-corrected chi connectivity index (χ2v) is 11.0. The average Bonchev–Trinajstić information content (AvgIpc) is 2.94. The fourth-order valence-corrected chi connectivity index (χ4v) is 6.42. The highest BCUT2D eigenvalue weighted by Crippen LogP contribution is 2.44. The van der Waals surface area contributed by atoms with Gasteiger partial charge in [0.25, 0.3) is 0 Å². The molecular weight excluding hydrogens is 480 g/mol. The fourth-order valence-electron chi connectivity index (χ4n) is 5.05. The van der Waals surface area contributed by atoms with E-state index in [1.165, 1.54) is 16.7 Å². The van der Waals surface area contributed by atoms with Gasteiger partial charge in [0.1, 0.15) is 11.6 Å². The molecular formula is C31H34N2O3S. The van der Waals surface area contributed by atoms with E-state index in [1.54, 1.807) is 12.3 Å². The van der Waals surface area contributed by atoms with E-state index in [9.17, 15) is 4.79 Å². The van der Waals surface area contributed by atoms with Crippen LogP contribution in [0.3, 0.4) is 0 Å². The Bertz CT molecular complexity index is 1220. The first-order chi connectivity index (χ1) is 18.1. The summed E-state index contributed by atoms with van der Waals surface area (Å²) in [7, 11) is 0. The summed E-state index contributed by atoms with van der Waals surface area (Å²) in [5, 5.41) is 0.535. The molecule has 2 aromatic carbocycles. The van der Waals surface area contributed by atoms with Crippen molar-refractivity contribution in [2.75, 3.05) is 37.0 Å². The van der Waals surface area contributed by atoms with E-state index in [1.807, 2.05) is 30.0 Å². The highest BCUT2D eigenvalue weighted by molar-refractivity contribution is 7.99. The van der Waals surface area contributed by atoms with Crippen LogP contribution >= 0.6 is 11.8 Å². The van der Waals surface area contributed by atoms with Crippen LogP contribution in [0.15, 0.2) is 79.0 Å². The number of morpholine rings is 1. The predicted octanol–water partition coefficient (Wildman–Crippen LogP) is 6.43. The van der Waals surface area contributed by atoms with Crippen LogP contribution in [-0.4, -0.2) is 43.0 Å². The number of anilines is 1. The van der Waals surface area contributed by atoms with Gasteiger partial charge in [0, 0.05) is 24.1 Å². The summed E-state index contributed by atoms with van der Waals surface area (Å²) < 4.78 is 11.0. The third kappa shape index (κ3) is 6.43. The first-order valence-corrected chi connectivity index (χ1v) is 14.1. The molecule has 3 heterocycles. The van der Waals surface area contributed by atoms with Gasteiger partial charge in [0.15, 0.2) is 0 Å². The van der Waals surface area contributed by atoms with Crippen molar-refractivity contribution in [3.63, 3.8) is 0 Å². The average molecular weight is 515 g/mol. The molecule has 1 aromatic heterocycles. The van der Waals surface area contributed by atoms with E-state index < -0.39 is 0 Å². The molecule has 0 N–H and O–H groups in total. The van der Waals surface area contributed by atoms with E-state index in [2.05, 4.69) is 59.8 Å². The molecule has 0 saturated carbocycles. The zero-order chi connectivity index (χ0) is 25.6. The molecule has 2 atom stereocenters. The van der Waals surface area contributed by atoms with Gasteiger partial charge in [-0.05, 0) is 73.1 Å². The Morgan fingerprint density at radius 1 is 1.14 bits per heavy atom. The number of rotatable bonds is 7. The van der Waals surface area contributed by atoms with Crippen LogP contribution in [0.1, 0.15) is 45.1 Å². The summed E-state index contributed by atoms with van der Waals surface area (Å²) in [5.74, 6) is 2.50. The van der Waals surface area contributed by atoms with Gasteiger partial charge in [-0.2, -0.15) is 0 Å². The summed E-state index contributed by atoms with van der Waals surface area (Å²) in [5.41, 5.74) is 5.71. The predicted molar refractivity (Wildman–Crippen MR) is 151 cm³/mol. The molecule has 5 nitrogen and oxygen atoms in total. The van der Waals surface area contributed by atoms with Crippen molar-refractivity contribution >= 4 is 23.5 Å². The van der Waals surface area contributed by atoms with Crippen LogP contribution in [-0.2, 0) is 11.2 Å². The van der Waals surface area contributed by atoms with E-state index in [4.69, 9.17) is 9.47 Å². The molecule has 0 aliphatic carbocycles. The number of hydrogen-bond donors (Lipinski definition) is 0. The number of hydrogen-bond acceptors (Lipinski definition) is 6. The monoisotopic (exact) mass is 514 g/mol. The molecule has 2 saturated heterocycles. The first-order valence-electron chi connectivity index (χ1n) is 13.0. The second-order valence-electron chi connectivity index (χ2n) is 9.82. The summed E-state index contributed by atoms with van der Waals surface area (Å²) in [4.78, 5) is 19.4. The number of ether oxygens (including phenoxy) is 2. The smallest absolute Gasteiger partial charge is 0.343 e. The third-order valence-electron chi connectivity index (χ3n) is 7.32. The minimum absolute atomic E-state index is 0.362. The molecule has 2 aliphatic rings. The Hall–Kier alpha value is -3.09. The number of pyridine rings is 1. The zero-order valence-corrected chi connectivity index (χ0v) is 22.2. The van der Waals surface area contributed by atoms with Crippen LogP contribution in [0.2, 0.25) is 0 Å². The topological polar surface area (TPSA) is 51.7 Å². The SMILES string of the molecule is C=C1CSC(c2ccccc2)CC1CCc1ccc(C(=O)Oc2ccc(N3CCOCC3)nc2)cc1C. The number of nitrogens with zero attached hydrogens (tertiary/aromatic N) is 2. The molecule has 6 heteroatoms. The van der Waals surface area contributed by atoms with Crippen molar-refractivity contribution in [3.05, 3.63) is 101 Å². The lowest BCUT2D eigenvalue weighted by molar-refractivity contribution is 0.0734. The van der Waals surface area contributed by atoms with Gasteiger partial charge in [0.05, 0.1) is 25.0 Å². The van der Waals surface area contributed by atoms with Crippen LogP contribution in [0.25, 0.3) is 0 Å². The zero-order valence-electron chi connectivity index (χ0n) is 21.4. The Morgan fingerprint density at radius 3 is 2.68 bits per heavy atom. The van der Waals surface area contributed by atoms with E-state index in [-0.39, 0.29) is 5.97 Å². The minimum Gasteiger partial charge on any atom is -0.421 e. The Labute approximate surface area is 223 Å². The van der Waals surface area contributed by atoms with Crippen molar-refractivity contribution < 1.29 is 14.3 Å². The maximum Gasteiger partial charge on any atom is 0.343 e. The highest BCUT2D eigenvalue weighted by Gasteiger charge is 2.26. The Morgan fingerprint density at radius 2 is 1.95 bits per heavy atom. The number of esters is 1. The number of benzene rings is 2. The summed E-state index contributed by atoms with van der Waals surface area (Å²) in [6.07, 6.45) is 4.80. The maximum absolute atomic E-state index is 12.8. The van der Waals surface area contributed by atoms with Crippen LogP contribution < -0.4 is 9.64 Å².